The predicted molar refractivity (Wildman–Crippen MR) is 216 cm³/mol. The first kappa shape index (κ1) is 39.9. The van der Waals surface area contributed by atoms with Gasteiger partial charge in [0.15, 0.2) is 5.58 Å². The summed E-state index contributed by atoms with van der Waals surface area (Å²) in [5.41, 5.74) is 6.90. The Hall–Kier alpha value is -3.86. The van der Waals surface area contributed by atoms with E-state index in [4.69, 9.17) is 13.3 Å². The Bertz CT molecular complexity index is 1850. The van der Waals surface area contributed by atoms with Crippen molar-refractivity contribution in [2.45, 2.75) is 157 Å². The minimum atomic E-state index is 0.00329. The Morgan fingerprint density at radius 2 is 0.804 bits per heavy atom. The molecule has 6 aromatic rings. The quantitative estimate of drug-likeness (QED) is 0.158. The second-order valence-corrected chi connectivity index (χ2v) is 20.1. The molecule has 5 nitrogen and oxygen atoms in total. The summed E-state index contributed by atoms with van der Waals surface area (Å²) in [4.78, 5) is 8.46. The van der Waals surface area contributed by atoms with Crippen LogP contribution in [0.5, 0.6) is 0 Å². The Morgan fingerprint density at radius 1 is 0.392 bits per heavy atom. The van der Waals surface area contributed by atoms with Gasteiger partial charge in [-0.25, -0.2) is 4.98 Å². The van der Waals surface area contributed by atoms with Crippen molar-refractivity contribution in [3.63, 3.8) is 0 Å². The fourth-order valence-corrected chi connectivity index (χ4v) is 6.75. The lowest BCUT2D eigenvalue weighted by Gasteiger charge is -2.25. The molecule has 5 aromatic heterocycles. The second-order valence-electron chi connectivity index (χ2n) is 20.1. The van der Waals surface area contributed by atoms with Gasteiger partial charge in [-0.05, 0) is 40.5 Å². The van der Waals surface area contributed by atoms with E-state index in [9.17, 15) is 0 Å². The average Bonchev–Trinajstić information content (AvgIpc) is 3.68. The number of para-hydroxylation sites is 1. The molecule has 51 heavy (non-hydrogen) atoms. The molecule has 5 heterocycles. The van der Waals surface area contributed by atoms with E-state index in [1.54, 1.807) is 12.4 Å². The molecule has 5 heteroatoms. The first-order valence-corrected chi connectivity index (χ1v) is 18.4. The minimum absolute atomic E-state index is 0.00329. The van der Waals surface area contributed by atoms with Gasteiger partial charge in [-0.1, -0.05) is 143 Å². The largest absolute Gasteiger partial charge is 0.460 e. The number of pyridine rings is 2. The van der Waals surface area contributed by atoms with Crippen LogP contribution in [-0.2, 0) is 32.5 Å². The molecule has 0 aliphatic rings. The topological polar surface area (TPSA) is 65.2 Å². The van der Waals surface area contributed by atoms with Gasteiger partial charge in [0, 0.05) is 61.5 Å². The van der Waals surface area contributed by atoms with Crippen LogP contribution in [0.4, 0.5) is 0 Å². The lowest BCUT2D eigenvalue weighted by molar-refractivity contribution is 0.406. The fourth-order valence-electron chi connectivity index (χ4n) is 6.75. The van der Waals surface area contributed by atoms with Gasteiger partial charge in [-0.2, -0.15) is 0 Å². The van der Waals surface area contributed by atoms with Crippen molar-refractivity contribution in [1.82, 2.24) is 9.97 Å². The SMILES string of the molecule is CC(C)(C)c1oc2ccccc2c1C(C)(C)C.CC(C)(C)c1oc2cnccc2c1C(C)(C)C.CC(C)(C)c1oc2ncccc2c1C(C)(C)C. The molecule has 0 radical (unpaired) electrons. The second kappa shape index (κ2) is 13.6. The van der Waals surface area contributed by atoms with Crippen molar-refractivity contribution in [1.29, 1.82) is 0 Å². The maximum absolute atomic E-state index is 6.09. The fraction of sp³-hybridized carbons (Fsp3) is 0.522. The first-order chi connectivity index (χ1) is 23.1. The van der Waals surface area contributed by atoms with Gasteiger partial charge >= 0.3 is 0 Å². The Balaban J connectivity index is 0.000000172. The highest BCUT2D eigenvalue weighted by molar-refractivity contribution is 5.84. The van der Waals surface area contributed by atoms with Crippen LogP contribution in [-0.4, -0.2) is 9.97 Å². The standard InChI is InChI=1S/C16H22O.2C15H21NO/c1-15(2,3)13-11-9-7-8-10-12(11)17-14(13)16(4,5)6;1-14(2,3)12-10-7-8-16-9-11(10)17-13(12)15(4,5)6;1-14(2,3)11-10-8-7-9-16-13(10)17-12(11)15(4,5)6/h7-10H,1-6H3;2*7-9H,1-6H3. The highest BCUT2D eigenvalue weighted by Crippen LogP contribution is 2.43. The number of hydrogen-bond acceptors (Lipinski definition) is 5. The van der Waals surface area contributed by atoms with Crippen LogP contribution in [0.3, 0.4) is 0 Å². The Labute approximate surface area is 307 Å². The molecule has 0 saturated heterocycles. The minimum Gasteiger partial charge on any atom is -0.460 e. The first-order valence-electron chi connectivity index (χ1n) is 18.4. The molecule has 0 atom stereocenters. The van der Waals surface area contributed by atoms with Crippen molar-refractivity contribution < 1.29 is 13.3 Å². The van der Waals surface area contributed by atoms with Crippen LogP contribution in [0, 0.1) is 0 Å². The summed E-state index contributed by atoms with van der Waals surface area (Å²) >= 11 is 0. The molecular formula is C46H64N2O3. The van der Waals surface area contributed by atoms with E-state index in [0.29, 0.717) is 0 Å². The van der Waals surface area contributed by atoms with Crippen LogP contribution in [0.1, 0.15) is 159 Å². The van der Waals surface area contributed by atoms with E-state index >= 15 is 0 Å². The summed E-state index contributed by atoms with van der Waals surface area (Å²) in [6.07, 6.45) is 5.42. The molecule has 0 aliphatic heterocycles. The third-order valence-electron chi connectivity index (χ3n) is 8.85. The molecule has 1 aromatic carbocycles. The summed E-state index contributed by atoms with van der Waals surface area (Å²) in [5.74, 6) is 3.25. The van der Waals surface area contributed by atoms with Gasteiger partial charge in [0.2, 0.25) is 5.71 Å². The average molecular weight is 693 g/mol. The van der Waals surface area contributed by atoms with Gasteiger partial charge in [-0.15, -0.1) is 0 Å². The Morgan fingerprint density at radius 3 is 1.29 bits per heavy atom. The monoisotopic (exact) mass is 692 g/mol. The molecule has 0 saturated carbocycles. The summed E-state index contributed by atoms with van der Waals surface area (Å²) in [6, 6.07) is 14.5. The summed E-state index contributed by atoms with van der Waals surface area (Å²) in [6.45, 7) is 39.8. The maximum atomic E-state index is 6.09. The lowest BCUT2D eigenvalue weighted by Crippen LogP contribution is -2.20. The van der Waals surface area contributed by atoms with Crippen LogP contribution in [0.2, 0.25) is 0 Å². The van der Waals surface area contributed by atoms with E-state index in [1.165, 1.54) is 27.5 Å². The third-order valence-corrected chi connectivity index (χ3v) is 8.85. The molecule has 0 N–H and O–H groups in total. The number of aromatic nitrogens is 2. The molecule has 0 fully saturated rings. The maximum Gasteiger partial charge on any atom is 0.226 e. The molecule has 0 bridgehead atoms. The van der Waals surface area contributed by atoms with E-state index in [0.717, 1.165) is 39.5 Å². The molecule has 0 spiro atoms. The van der Waals surface area contributed by atoms with E-state index in [-0.39, 0.29) is 32.5 Å². The third kappa shape index (κ3) is 8.79. The molecular weight excluding hydrogens is 629 g/mol. The van der Waals surface area contributed by atoms with Crippen molar-refractivity contribution in [2.24, 2.45) is 0 Å². The number of benzene rings is 1. The summed E-state index contributed by atoms with van der Waals surface area (Å²) in [7, 11) is 0. The van der Waals surface area contributed by atoms with E-state index < -0.39 is 0 Å². The van der Waals surface area contributed by atoms with Crippen LogP contribution in [0.15, 0.2) is 74.3 Å². The van der Waals surface area contributed by atoms with Crippen molar-refractivity contribution in [3.8, 4) is 0 Å². The predicted octanol–water partition coefficient (Wildman–Crippen LogP) is 13.9. The zero-order valence-corrected chi connectivity index (χ0v) is 34.9. The number of rotatable bonds is 0. The summed E-state index contributed by atoms with van der Waals surface area (Å²) in [5, 5.41) is 3.59. The van der Waals surface area contributed by atoms with Crippen molar-refractivity contribution in [3.05, 3.63) is 95.0 Å². The highest BCUT2D eigenvalue weighted by atomic mass is 16.3. The number of nitrogens with zero attached hydrogens (tertiary/aromatic N) is 2. The summed E-state index contributed by atoms with van der Waals surface area (Å²) < 4.78 is 18.1. The zero-order chi connectivity index (χ0) is 38.5. The zero-order valence-electron chi connectivity index (χ0n) is 34.9. The van der Waals surface area contributed by atoms with Crippen LogP contribution >= 0.6 is 0 Å². The molecule has 6 rings (SSSR count). The number of hydrogen-bond donors (Lipinski definition) is 0. The van der Waals surface area contributed by atoms with Gasteiger partial charge < -0.3 is 13.3 Å². The van der Waals surface area contributed by atoms with Crippen molar-refractivity contribution >= 4 is 33.0 Å². The van der Waals surface area contributed by atoms with Gasteiger partial charge in [0.05, 0.1) is 6.20 Å². The molecule has 0 unspecified atom stereocenters. The molecule has 0 aliphatic carbocycles. The molecule has 0 amide bonds. The normalized spacial score (nSPS) is 13.3. The molecule has 276 valence electrons. The van der Waals surface area contributed by atoms with E-state index in [1.807, 2.05) is 18.3 Å². The van der Waals surface area contributed by atoms with Crippen LogP contribution < -0.4 is 0 Å². The Kier molecular flexibility index (Phi) is 10.6. The number of furan rings is 3. The van der Waals surface area contributed by atoms with Gasteiger partial charge in [-0.3, -0.25) is 4.98 Å². The van der Waals surface area contributed by atoms with E-state index in [2.05, 4.69) is 165 Å². The van der Waals surface area contributed by atoms with Crippen molar-refractivity contribution in [2.75, 3.05) is 0 Å². The highest BCUT2D eigenvalue weighted by Gasteiger charge is 2.34. The smallest absolute Gasteiger partial charge is 0.226 e. The number of fused-ring (bicyclic) bond motifs is 3. The van der Waals surface area contributed by atoms with Gasteiger partial charge in [0.1, 0.15) is 22.9 Å². The van der Waals surface area contributed by atoms with Crippen LogP contribution in [0.25, 0.3) is 33.0 Å². The van der Waals surface area contributed by atoms with Gasteiger partial charge in [0.25, 0.3) is 0 Å². The lowest BCUT2D eigenvalue weighted by atomic mass is 9.79.